The molecule has 0 aliphatic heterocycles. The van der Waals surface area contributed by atoms with Crippen LogP contribution >= 0.6 is 15.9 Å². The van der Waals surface area contributed by atoms with Crippen LogP contribution in [0.3, 0.4) is 0 Å². The zero-order valence-electron chi connectivity index (χ0n) is 13.9. The molecule has 0 bridgehead atoms. The van der Waals surface area contributed by atoms with Gasteiger partial charge >= 0.3 is 0 Å². The van der Waals surface area contributed by atoms with Crippen LogP contribution in [0.2, 0.25) is 0 Å². The van der Waals surface area contributed by atoms with E-state index in [2.05, 4.69) is 61.0 Å². The minimum atomic E-state index is -0.0482. The summed E-state index contributed by atoms with van der Waals surface area (Å²) in [5.41, 5.74) is 6.02. The molecule has 0 unspecified atom stereocenters. The van der Waals surface area contributed by atoms with Gasteiger partial charge < -0.3 is 5.11 Å². The number of nitrogens with zero attached hydrogens (tertiary/aromatic N) is 2. The lowest BCUT2D eigenvalue weighted by atomic mass is 9.86. The monoisotopic (exact) mass is 372 g/mol. The molecule has 0 saturated heterocycles. The lowest BCUT2D eigenvalue weighted by molar-refractivity contribution is 0.276. The predicted octanol–water partition coefficient (Wildman–Crippen LogP) is 4.86. The van der Waals surface area contributed by atoms with E-state index in [4.69, 9.17) is 4.98 Å². The third kappa shape index (κ3) is 2.93. The van der Waals surface area contributed by atoms with Gasteiger partial charge in [-0.2, -0.15) is 0 Å². The van der Waals surface area contributed by atoms with Gasteiger partial charge in [-0.25, -0.2) is 4.98 Å². The van der Waals surface area contributed by atoms with Gasteiger partial charge in [-0.05, 0) is 45.5 Å². The number of aryl methyl sites for hydroxylation is 1. The second-order valence-corrected chi connectivity index (χ2v) is 7.81. The molecule has 0 spiro atoms. The zero-order chi connectivity index (χ0) is 16.8. The van der Waals surface area contributed by atoms with Crippen molar-refractivity contribution in [1.82, 2.24) is 9.38 Å². The maximum atomic E-state index is 9.86. The van der Waals surface area contributed by atoms with Crippen LogP contribution in [0.15, 0.2) is 41.0 Å². The van der Waals surface area contributed by atoms with E-state index < -0.39 is 0 Å². The lowest BCUT2D eigenvalue weighted by Gasteiger charge is -2.19. The van der Waals surface area contributed by atoms with Crippen LogP contribution in [0.5, 0.6) is 0 Å². The molecular formula is C19H21BrN2O. The Balaban J connectivity index is 2.18. The van der Waals surface area contributed by atoms with E-state index in [-0.39, 0.29) is 12.0 Å². The summed E-state index contributed by atoms with van der Waals surface area (Å²) < 4.78 is 2.90. The molecular weight excluding hydrogens is 352 g/mol. The van der Waals surface area contributed by atoms with Crippen molar-refractivity contribution in [2.75, 3.05) is 0 Å². The quantitative estimate of drug-likeness (QED) is 0.697. The summed E-state index contributed by atoms with van der Waals surface area (Å²) in [5, 5.41) is 9.86. The molecule has 23 heavy (non-hydrogen) atoms. The number of aliphatic hydroxyl groups excluding tert-OH is 1. The van der Waals surface area contributed by atoms with E-state index in [0.29, 0.717) is 0 Å². The molecule has 1 aromatic carbocycles. The van der Waals surface area contributed by atoms with Crippen molar-refractivity contribution < 1.29 is 5.11 Å². The number of hydrogen-bond donors (Lipinski definition) is 1. The fourth-order valence-corrected chi connectivity index (χ4v) is 3.43. The Bertz CT molecular complexity index is 858. The standard InChI is InChI=1S/C19H21BrN2O/c1-12-9-15(20)18-21-17(16(11-23)22(18)10-12)13-5-7-14(8-6-13)19(2,3)4/h5-10,23H,11H2,1-4H3. The molecule has 1 N–H and O–H groups in total. The summed E-state index contributed by atoms with van der Waals surface area (Å²) in [6.45, 7) is 8.58. The normalized spacial score (nSPS) is 12.1. The van der Waals surface area contributed by atoms with Gasteiger partial charge in [0.15, 0.2) is 5.65 Å². The predicted molar refractivity (Wildman–Crippen MR) is 97.7 cm³/mol. The van der Waals surface area contributed by atoms with Gasteiger partial charge in [0.05, 0.1) is 22.5 Å². The van der Waals surface area contributed by atoms with Crippen molar-refractivity contribution in [3.05, 3.63) is 57.8 Å². The van der Waals surface area contributed by atoms with E-state index in [1.807, 2.05) is 23.6 Å². The van der Waals surface area contributed by atoms with E-state index in [9.17, 15) is 5.11 Å². The average Bonchev–Trinajstić information content (AvgIpc) is 2.85. The first-order chi connectivity index (χ1) is 10.8. The highest BCUT2D eigenvalue weighted by Crippen LogP contribution is 2.30. The van der Waals surface area contributed by atoms with E-state index >= 15 is 0 Å². The maximum absolute atomic E-state index is 9.86. The van der Waals surface area contributed by atoms with Crippen LogP contribution in [0.4, 0.5) is 0 Å². The zero-order valence-corrected chi connectivity index (χ0v) is 15.5. The molecule has 0 aliphatic carbocycles. The topological polar surface area (TPSA) is 37.5 Å². The SMILES string of the molecule is Cc1cc(Br)c2nc(-c3ccc(C(C)(C)C)cc3)c(CO)n2c1. The lowest BCUT2D eigenvalue weighted by Crippen LogP contribution is -2.10. The van der Waals surface area contributed by atoms with Gasteiger partial charge in [0.2, 0.25) is 0 Å². The number of hydrogen-bond acceptors (Lipinski definition) is 2. The van der Waals surface area contributed by atoms with Gasteiger partial charge in [0, 0.05) is 11.8 Å². The summed E-state index contributed by atoms with van der Waals surface area (Å²) in [6, 6.07) is 10.5. The molecule has 0 atom stereocenters. The number of aliphatic hydroxyl groups is 1. The van der Waals surface area contributed by atoms with Crippen LogP contribution in [0.25, 0.3) is 16.9 Å². The molecule has 0 fully saturated rings. The summed E-state index contributed by atoms with van der Waals surface area (Å²) in [7, 11) is 0. The Kier molecular flexibility index (Phi) is 4.07. The minimum Gasteiger partial charge on any atom is -0.390 e. The highest BCUT2D eigenvalue weighted by atomic mass is 79.9. The van der Waals surface area contributed by atoms with Gasteiger partial charge in [0.25, 0.3) is 0 Å². The van der Waals surface area contributed by atoms with Crippen molar-refractivity contribution >= 4 is 21.6 Å². The number of benzene rings is 1. The van der Waals surface area contributed by atoms with Gasteiger partial charge in [-0.15, -0.1) is 0 Å². The molecule has 2 aromatic heterocycles. The maximum Gasteiger partial charge on any atom is 0.152 e. The first-order valence-electron chi connectivity index (χ1n) is 7.70. The van der Waals surface area contributed by atoms with Crippen molar-refractivity contribution in [3.8, 4) is 11.3 Å². The average molecular weight is 373 g/mol. The Hall–Kier alpha value is -1.65. The summed E-state index contributed by atoms with van der Waals surface area (Å²) in [5.74, 6) is 0. The smallest absolute Gasteiger partial charge is 0.152 e. The number of halogens is 1. The van der Waals surface area contributed by atoms with Crippen LogP contribution in [-0.2, 0) is 12.0 Å². The first-order valence-corrected chi connectivity index (χ1v) is 8.49. The van der Waals surface area contributed by atoms with Gasteiger partial charge in [-0.1, -0.05) is 45.0 Å². The Morgan fingerprint density at radius 3 is 2.39 bits per heavy atom. The summed E-state index contributed by atoms with van der Waals surface area (Å²) in [6.07, 6.45) is 2.01. The van der Waals surface area contributed by atoms with Crippen LogP contribution < -0.4 is 0 Å². The molecule has 0 saturated carbocycles. The molecule has 120 valence electrons. The fraction of sp³-hybridized carbons (Fsp3) is 0.316. The van der Waals surface area contributed by atoms with Crippen LogP contribution in [0, 0.1) is 6.92 Å². The van der Waals surface area contributed by atoms with Gasteiger partial charge in [0.1, 0.15) is 0 Å². The summed E-state index contributed by atoms with van der Waals surface area (Å²) >= 11 is 3.57. The number of pyridine rings is 1. The molecule has 3 aromatic rings. The largest absolute Gasteiger partial charge is 0.390 e. The second kappa shape index (κ2) is 5.77. The molecule has 3 nitrogen and oxygen atoms in total. The van der Waals surface area contributed by atoms with E-state index in [1.165, 1.54) is 5.56 Å². The number of fused-ring (bicyclic) bond motifs is 1. The van der Waals surface area contributed by atoms with Crippen LogP contribution in [-0.4, -0.2) is 14.5 Å². The Morgan fingerprint density at radius 1 is 1.17 bits per heavy atom. The molecule has 0 radical (unpaired) electrons. The highest BCUT2D eigenvalue weighted by Gasteiger charge is 2.17. The molecule has 2 heterocycles. The molecule has 3 rings (SSSR count). The Morgan fingerprint density at radius 2 is 1.83 bits per heavy atom. The second-order valence-electron chi connectivity index (χ2n) is 6.95. The summed E-state index contributed by atoms with van der Waals surface area (Å²) in [4.78, 5) is 4.74. The van der Waals surface area contributed by atoms with Crippen molar-refractivity contribution in [1.29, 1.82) is 0 Å². The fourth-order valence-electron chi connectivity index (χ4n) is 2.79. The van der Waals surface area contributed by atoms with Crippen LogP contribution in [0.1, 0.15) is 37.6 Å². The Labute approximate surface area is 145 Å². The number of imidazole rings is 1. The molecule has 0 aliphatic rings. The molecule has 0 amide bonds. The molecule has 4 heteroatoms. The van der Waals surface area contributed by atoms with E-state index in [0.717, 1.165) is 32.6 Å². The van der Waals surface area contributed by atoms with Crippen molar-refractivity contribution in [2.24, 2.45) is 0 Å². The number of aromatic nitrogens is 2. The third-order valence-corrected chi connectivity index (χ3v) is 4.67. The highest BCUT2D eigenvalue weighted by molar-refractivity contribution is 9.10. The first kappa shape index (κ1) is 16.2. The van der Waals surface area contributed by atoms with Crippen molar-refractivity contribution in [2.45, 2.75) is 39.7 Å². The third-order valence-electron chi connectivity index (χ3n) is 4.08. The van der Waals surface area contributed by atoms with Crippen molar-refractivity contribution in [3.63, 3.8) is 0 Å². The van der Waals surface area contributed by atoms with Gasteiger partial charge in [-0.3, -0.25) is 4.40 Å². The minimum absolute atomic E-state index is 0.0482. The number of rotatable bonds is 2. The van der Waals surface area contributed by atoms with E-state index in [1.54, 1.807) is 0 Å².